The van der Waals surface area contributed by atoms with E-state index in [-0.39, 0.29) is 28.1 Å². The molecule has 1 unspecified atom stereocenters. The molecule has 11 heteroatoms. The first-order valence-corrected chi connectivity index (χ1v) is 7.45. The number of halogens is 4. The Morgan fingerprint density at radius 1 is 1.33 bits per heavy atom. The number of nitrogens with zero attached hydrogens (tertiary/aromatic N) is 1. The zero-order valence-corrected chi connectivity index (χ0v) is 13.1. The van der Waals surface area contributed by atoms with Crippen LogP contribution in [0.1, 0.15) is 10.6 Å². The minimum Gasteiger partial charge on any atom is -0.395 e. The van der Waals surface area contributed by atoms with Crippen molar-refractivity contribution in [3.05, 3.63) is 52.3 Å². The molecule has 1 aromatic carbocycles. The Kier molecular flexibility index (Phi) is 5.40. The first kappa shape index (κ1) is 18.1. The van der Waals surface area contributed by atoms with Gasteiger partial charge in [-0.1, -0.05) is 23.7 Å². The van der Waals surface area contributed by atoms with E-state index in [1.54, 1.807) is 0 Å². The second-order valence-corrected chi connectivity index (χ2v) is 5.88. The predicted molar refractivity (Wildman–Crippen MR) is 81.3 cm³/mol. The fourth-order valence-electron chi connectivity index (χ4n) is 1.58. The molecule has 24 heavy (non-hydrogen) atoms. The number of para-hydroxylation sites is 1. The third-order valence-electron chi connectivity index (χ3n) is 2.63. The van der Waals surface area contributed by atoms with Gasteiger partial charge in [0.1, 0.15) is 4.92 Å². The molecule has 1 heterocycles. The molecule has 0 aliphatic carbocycles. The van der Waals surface area contributed by atoms with Crippen LogP contribution in [0.15, 0.2) is 45.7 Å². The van der Waals surface area contributed by atoms with Crippen molar-refractivity contribution in [1.29, 1.82) is 0 Å². The number of benzene rings is 1. The van der Waals surface area contributed by atoms with Gasteiger partial charge in [-0.3, -0.25) is 14.9 Å². The molecule has 1 N–H and O–H groups in total. The van der Waals surface area contributed by atoms with Crippen LogP contribution in [0.3, 0.4) is 0 Å². The summed E-state index contributed by atoms with van der Waals surface area (Å²) in [6, 6.07) is 7.44. The molecule has 0 bridgehead atoms. The van der Waals surface area contributed by atoms with Crippen LogP contribution in [0.25, 0.3) is 0 Å². The van der Waals surface area contributed by atoms with E-state index in [9.17, 15) is 28.1 Å². The standard InChI is InChI=1S/C13H8ClF3N2O4S/c14-12(15)13(16,17)24-9-4-2-1-3-7(9)18-11(20)8-5-6-10(23-8)19(21)22/h1-6,12H,(H,18,20). The zero-order valence-electron chi connectivity index (χ0n) is 11.5. The number of rotatable bonds is 6. The van der Waals surface area contributed by atoms with E-state index in [1.807, 2.05) is 0 Å². The summed E-state index contributed by atoms with van der Waals surface area (Å²) in [7, 11) is 0. The Bertz CT molecular complexity index is 769. The summed E-state index contributed by atoms with van der Waals surface area (Å²) in [6.45, 7) is 0. The van der Waals surface area contributed by atoms with E-state index >= 15 is 0 Å². The van der Waals surface area contributed by atoms with Gasteiger partial charge in [0, 0.05) is 4.90 Å². The van der Waals surface area contributed by atoms with Gasteiger partial charge in [-0.05, 0) is 30.0 Å². The second kappa shape index (κ2) is 7.14. The summed E-state index contributed by atoms with van der Waals surface area (Å²) >= 11 is 4.64. The molecule has 0 saturated carbocycles. The SMILES string of the molecule is O=C(Nc1ccccc1SC(F)(F)C(F)Cl)c1ccc([N+](=O)[O-])o1. The van der Waals surface area contributed by atoms with Crippen molar-refractivity contribution >= 4 is 40.8 Å². The van der Waals surface area contributed by atoms with E-state index < -0.39 is 27.6 Å². The number of nitro groups is 1. The molecule has 128 valence electrons. The first-order chi connectivity index (χ1) is 11.2. The number of amides is 1. The Labute approximate surface area is 142 Å². The topological polar surface area (TPSA) is 85.4 Å². The van der Waals surface area contributed by atoms with Crippen molar-refractivity contribution in [2.45, 2.75) is 15.8 Å². The van der Waals surface area contributed by atoms with Gasteiger partial charge in [0.2, 0.25) is 5.63 Å². The van der Waals surface area contributed by atoms with Gasteiger partial charge >= 0.3 is 11.1 Å². The van der Waals surface area contributed by atoms with E-state index in [2.05, 4.69) is 5.32 Å². The number of carbonyl (C=O) groups is 1. The van der Waals surface area contributed by atoms with Crippen molar-refractivity contribution in [3.63, 3.8) is 0 Å². The third-order valence-corrected chi connectivity index (χ3v) is 4.09. The van der Waals surface area contributed by atoms with E-state index in [0.29, 0.717) is 0 Å². The number of hydrogen-bond acceptors (Lipinski definition) is 5. The highest BCUT2D eigenvalue weighted by Gasteiger charge is 2.40. The van der Waals surface area contributed by atoms with Crippen LogP contribution in [0.4, 0.5) is 24.7 Å². The van der Waals surface area contributed by atoms with Gasteiger partial charge < -0.3 is 9.73 Å². The molecule has 0 spiro atoms. The first-order valence-electron chi connectivity index (χ1n) is 6.20. The highest BCUT2D eigenvalue weighted by Crippen LogP contribution is 2.43. The summed E-state index contributed by atoms with van der Waals surface area (Å²) in [4.78, 5) is 21.5. The normalized spacial score (nSPS) is 12.7. The average molecular weight is 381 g/mol. The van der Waals surface area contributed by atoms with Crippen molar-refractivity contribution in [1.82, 2.24) is 0 Å². The lowest BCUT2D eigenvalue weighted by Gasteiger charge is -2.17. The fourth-order valence-corrected chi connectivity index (χ4v) is 2.47. The lowest BCUT2D eigenvalue weighted by Crippen LogP contribution is -2.21. The maximum absolute atomic E-state index is 13.4. The highest BCUT2D eigenvalue weighted by molar-refractivity contribution is 8.00. The van der Waals surface area contributed by atoms with Gasteiger partial charge in [0.05, 0.1) is 11.8 Å². The molecule has 0 fully saturated rings. The lowest BCUT2D eigenvalue weighted by molar-refractivity contribution is -0.402. The van der Waals surface area contributed by atoms with Gasteiger partial charge in [-0.25, -0.2) is 4.39 Å². The molecule has 1 amide bonds. The number of thioether (sulfide) groups is 1. The number of alkyl halides is 4. The van der Waals surface area contributed by atoms with Crippen molar-refractivity contribution in [3.8, 4) is 0 Å². The summed E-state index contributed by atoms with van der Waals surface area (Å²) in [5, 5.41) is 8.87. The lowest BCUT2D eigenvalue weighted by atomic mass is 10.3. The molecular weight excluding hydrogens is 373 g/mol. The minimum absolute atomic E-state index is 0.0523. The number of anilines is 1. The van der Waals surface area contributed by atoms with Gasteiger partial charge in [0.25, 0.3) is 5.91 Å². The molecule has 0 saturated heterocycles. The summed E-state index contributed by atoms with van der Waals surface area (Å²) in [5.41, 5.74) is -2.97. The quantitative estimate of drug-likeness (QED) is 0.341. The van der Waals surface area contributed by atoms with Gasteiger partial charge in [-0.15, -0.1) is 0 Å². The van der Waals surface area contributed by atoms with Crippen LogP contribution in [0, 0.1) is 10.1 Å². The van der Waals surface area contributed by atoms with Crippen LogP contribution in [-0.4, -0.2) is 21.7 Å². The molecule has 0 aliphatic heterocycles. The summed E-state index contributed by atoms with van der Waals surface area (Å²) < 4.78 is 44.3. The number of nitrogens with one attached hydrogen (secondary N) is 1. The van der Waals surface area contributed by atoms with E-state index in [1.165, 1.54) is 24.3 Å². The Hall–Kier alpha value is -2.20. The molecule has 0 aliphatic rings. The van der Waals surface area contributed by atoms with Crippen LogP contribution in [-0.2, 0) is 0 Å². The highest BCUT2D eigenvalue weighted by atomic mass is 35.5. The molecule has 2 rings (SSSR count). The third kappa shape index (κ3) is 4.20. The van der Waals surface area contributed by atoms with E-state index in [4.69, 9.17) is 16.0 Å². The Morgan fingerprint density at radius 2 is 2.00 bits per heavy atom. The molecule has 1 aromatic heterocycles. The molecule has 6 nitrogen and oxygen atoms in total. The van der Waals surface area contributed by atoms with Crippen LogP contribution < -0.4 is 5.32 Å². The smallest absolute Gasteiger partial charge is 0.395 e. The van der Waals surface area contributed by atoms with Gasteiger partial charge in [-0.2, -0.15) is 8.78 Å². The number of hydrogen-bond donors (Lipinski definition) is 1. The van der Waals surface area contributed by atoms with Crippen molar-refractivity contribution in [2.24, 2.45) is 0 Å². The van der Waals surface area contributed by atoms with Crippen molar-refractivity contribution < 1.29 is 27.3 Å². The van der Waals surface area contributed by atoms with Crippen LogP contribution in [0.5, 0.6) is 0 Å². The van der Waals surface area contributed by atoms with Crippen molar-refractivity contribution in [2.75, 3.05) is 5.32 Å². The van der Waals surface area contributed by atoms with Crippen LogP contribution >= 0.6 is 23.4 Å². The number of carbonyl (C=O) groups excluding carboxylic acids is 1. The second-order valence-electron chi connectivity index (χ2n) is 4.31. The van der Waals surface area contributed by atoms with Crippen LogP contribution in [0.2, 0.25) is 0 Å². The summed E-state index contributed by atoms with van der Waals surface area (Å²) in [6.07, 6.45) is 0. The molecule has 0 radical (unpaired) electrons. The largest absolute Gasteiger partial charge is 0.433 e. The van der Waals surface area contributed by atoms with E-state index in [0.717, 1.165) is 12.1 Å². The molecule has 2 aromatic rings. The minimum atomic E-state index is -3.91. The predicted octanol–water partition coefficient (Wildman–Crippen LogP) is 4.66. The fraction of sp³-hybridized carbons (Fsp3) is 0.154. The maximum Gasteiger partial charge on any atom is 0.433 e. The summed E-state index contributed by atoms with van der Waals surface area (Å²) in [5.74, 6) is -1.91. The Balaban J connectivity index is 2.20. The monoisotopic (exact) mass is 380 g/mol. The molecule has 1 atom stereocenters. The Morgan fingerprint density at radius 3 is 2.58 bits per heavy atom. The average Bonchev–Trinajstić information content (AvgIpc) is 2.99. The maximum atomic E-state index is 13.4. The van der Waals surface area contributed by atoms with Gasteiger partial charge in [0.15, 0.2) is 5.76 Å². The molecular formula is C13H8ClF3N2O4S. The zero-order chi connectivity index (χ0) is 17.9. The number of furan rings is 1.